The van der Waals surface area contributed by atoms with E-state index in [0.29, 0.717) is 12.0 Å². The lowest BCUT2D eigenvalue weighted by Crippen LogP contribution is -2.28. The second-order valence-corrected chi connectivity index (χ2v) is 7.19. The van der Waals surface area contributed by atoms with E-state index in [1.54, 1.807) is 10.7 Å². The van der Waals surface area contributed by atoms with Crippen molar-refractivity contribution in [2.24, 2.45) is 0 Å². The number of nitrogens with one attached hydrogen (secondary N) is 1. The predicted molar refractivity (Wildman–Crippen MR) is 102 cm³/mol. The van der Waals surface area contributed by atoms with Gasteiger partial charge in [-0.05, 0) is 37.5 Å². The largest absolute Gasteiger partial charge is 0.381 e. The molecule has 5 rings (SSSR count). The number of hydrogen-bond acceptors (Lipinski definition) is 7. The van der Waals surface area contributed by atoms with Crippen LogP contribution in [0.2, 0.25) is 0 Å². The van der Waals surface area contributed by atoms with E-state index in [1.807, 2.05) is 24.5 Å². The van der Waals surface area contributed by atoms with Crippen molar-refractivity contribution in [2.75, 3.05) is 36.5 Å². The van der Waals surface area contributed by atoms with E-state index in [0.717, 1.165) is 68.7 Å². The van der Waals surface area contributed by atoms with Crippen LogP contribution >= 0.6 is 0 Å². The van der Waals surface area contributed by atoms with Crippen LogP contribution < -0.4 is 10.2 Å². The monoisotopic (exact) mass is 365 g/mol. The summed E-state index contributed by atoms with van der Waals surface area (Å²) in [5.74, 6) is 2.19. The van der Waals surface area contributed by atoms with Gasteiger partial charge in [-0.25, -0.2) is 19.5 Å². The van der Waals surface area contributed by atoms with Crippen molar-refractivity contribution in [3.63, 3.8) is 0 Å². The highest BCUT2D eigenvalue weighted by molar-refractivity contribution is 5.45. The number of anilines is 2. The fraction of sp³-hybridized carbons (Fsp3) is 0.474. The second-order valence-electron chi connectivity index (χ2n) is 7.19. The van der Waals surface area contributed by atoms with Crippen LogP contribution in [0.4, 0.5) is 11.8 Å². The van der Waals surface area contributed by atoms with Crippen molar-refractivity contribution in [2.45, 2.75) is 31.2 Å². The Bertz CT molecular complexity index is 921. The van der Waals surface area contributed by atoms with E-state index in [1.165, 1.54) is 0 Å². The van der Waals surface area contributed by atoms with E-state index in [-0.39, 0.29) is 0 Å². The van der Waals surface area contributed by atoms with Gasteiger partial charge in [-0.15, -0.1) is 5.10 Å². The molecule has 8 heteroatoms. The lowest BCUT2D eigenvalue weighted by Gasteiger charge is -2.23. The molecule has 0 saturated carbocycles. The second kappa shape index (κ2) is 7.11. The van der Waals surface area contributed by atoms with Crippen molar-refractivity contribution in [1.29, 1.82) is 0 Å². The predicted octanol–water partition coefficient (Wildman–Crippen LogP) is 2.10. The molecule has 0 radical (unpaired) electrons. The Morgan fingerprint density at radius 2 is 1.96 bits per heavy atom. The van der Waals surface area contributed by atoms with Crippen molar-refractivity contribution >= 4 is 17.4 Å². The van der Waals surface area contributed by atoms with Gasteiger partial charge < -0.3 is 15.0 Å². The van der Waals surface area contributed by atoms with Crippen molar-refractivity contribution < 1.29 is 4.74 Å². The Hall–Kier alpha value is -2.74. The van der Waals surface area contributed by atoms with Crippen LogP contribution in [0, 0.1) is 0 Å². The van der Waals surface area contributed by atoms with Gasteiger partial charge in [0.25, 0.3) is 0 Å². The molecule has 1 N–H and O–H groups in total. The molecule has 0 aromatic carbocycles. The first kappa shape index (κ1) is 16.4. The highest BCUT2D eigenvalue weighted by Crippen LogP contribution is 2.27. The third-order valence-corrected chi connectivity index (χ3v) is 5.38. The minimum Gasteiger partial charge on any atom is -0.381 e. The van der Waals surface area contributed by atoms with Crippen LogP contribution in [-0.4, -0.2) is 56.9 Å². The molecular formula is C19H23N7O. The maximum absolute atomic E-state index is 5.47. The molecule has 2 aliphatic rings. The Labute approximate surface area is 157 Å². The molecular weight excluding hydrogens is 342 g/mol. The number of fused-ring (bicyclic) bond motifs is 1. The molecule has 27 heavy (non-hydrogen) atoms. The maximum atomic E-state index is 5.47. The van der Waals surface area contributed by atoms with Gasteiger partial charge in [0.1, 0.15) is 5.82 Å². The van der Waals surface area contributed by atoms with Gasteiger partial charge in [0.2, 0.25) is 5.95 Å². The van der Waals surface area contributed by atoms with Crippen LogP contribution in [0.3, 0.4) is 0 Å². The molecule has 2 fully saturated rings. The molecule has 1 unspecified atom stereocenters. The number of rotatable bonds is 4. The van der Waals surface area contributed by atoms with Gasteiger partial charge in [0.15, 0.2) is 5.65 Å². The van der Waals surface area contributed by atoms with Gasteiger partial charge in [-0.3, -0.25) is 0 Å². The maximum Gasteiger partial charge on any atom is 0.225 e. The number of hydrogen-bond donors (Lipinski definition) is 1. The van der Waals surface area contributed by atoms with Crippen LogP contribution in [0.1, 0.15) is 30.9 Å². The zero-order chi connectivity index (χ0) is 18.1. The molecule has 0 aliphatic carbocycles. The molecule has 0 spiro atoms. The van der Waals surface area contributed by atoms with Gasteiger partial charge in [-0.1, -0.05) is 0 Å². The lowest BCUT2D eigenvalue weighted by atomic mass is 9.96. The SMILES string of the molecule is c1cc(C2CCOCC2)nc(N2CCC(Nc3ccc4nccn4n3)C2)n1. The summed E-state index contributed by atoms with van der Waals surface area (Å²) in [6.07, 6.45) is 8.63. The molecule has 0 amide bonds. The van der Waals surface area contributed by atoms with E-state index < -0.39 is 0 Å². The normalized spacial score (nSPS) is 21.0. The summed E-state index contributed by atoms with van der Waals surface area (Å²) in [4.78, 5) is 15.9. The lowest BCUT2D eigenvalue weighted by molar-refractivity contribution is 0.0845. The fourth-order valence-corrected chi connectivity index (χ4v) is 3.90. The molecule has 5 heterocycles. The average molecular weight is 365 g/mol. The number of ether oxygens (including phenoxy) is 1. The van der Waals surface area contributed by atoms with E-state index in [2.05, 4.69) is 31.3 Å². The van der Waals surface area contributed by atoms with E-state index in [9.17, 15) is 0 Å². The Morgan fingerprint density at radius 3 is 2.89 bits per heavy atom. The number of imidazole rings is 1. The molecule has 1 atom stereocenters. The first-order valence-corrected chi connectivity index (χ1v) is 9.58. The molecule has 2 saturated heterocycles. The first-order chi connectivity index (χ1) is 13.3. The Balaban J connectivity index is 1.26. The van der Waals surface area contributed by atoms with Crippen LogP contribution in [0.15, 0.2) is 36.8 Å². The van der Waals surface area contributed by atoms with Crippen LogP contribution in [-0.2, 0) is 4.74 Å². The van der Waals surface area contributed by atoms with Crippen molar-refractivity contribution in [1.82, 2.24) is 24.6 Å². The van der Waals surface area contributed by atoms with Crippen LogP contribution in [0.25, 0.3) is 5.65 Å². The summed E-state index contributed by atoms with van der Waals surface area (Å²) in [6.45, 7) is 3.48. The fourth-order valence-electron chi connectivity index (χ4n) is 3.90. The molecule has 3 aromatic heterocycles. The van der Waals surface area contributed by atoms with Gasteiger partial charge >= 0.3 is 0 Å². The van der Waals surface area contributed by atoms with Gasteiger partial charge in [-0.2, -0.15) is 0 Å². The standard InChI is InChI=1S/C19H23N7O/c1-2-18-20-8-10-26(18)24-17(1)22-15-4-9-25(13-15)19-21-7-3-16(23-19)14-5-11-27-12-6-14/h1-3,7-8,10,14-15H,4-6,9,11-13H2,(H,22,24). The molecule has 3 aromatic rings. The molecule has 140 valence electrons. The summed E-state index contributed by atoms with van der Waals surface area (Å²) < 4.78 is 7.26. The first-order valence-electron chi connectivity index (χ1n) is 9.58. The number of aromatic nitrogens is 5. The number of nitrogens with zero attached hydrogens (tertiary/aromatic N) is 6. The Morgan fingerprint density at radius 1 is 1.04 bits per heavy atom. The summed E-state index contributed by atoms with van der Waals surface area (Å²) in [6, 6.07) is 6.33. The highest BCUT2D eigenvalue weighted by atomic mass is 16.5. The Kier molecular flexibility index (Phi) is 4.33. The molecule has 8 nitrogen and oxygen atoms in total. The van der Waals surface area contributed by atoms with Crippen LogP contribution in [0.5, 0.6) is 0 Å². The van der Waals surface area contributed by atoms with Crippen molar-refractivity contribution in [3.8, 4) is 0 Å². The molecule has 0 bridgehead atoms. The van der Waals surface area contributed by atoms with Crippen molar-refractivity contribution in [3.05, 3.63) is 42.5 Å². The summed E-state index contributed by atoms with van der Waals surface area (Å²) in [7, 11) is 0. The zero-order valence-corrected chi connectivity index (χ0v) is 15.2. The minimum atomic E-state index is 0.328. The third kappa shape index (κ3) is 3.44. The van der Waals surface area contributed by atoms with Gasteiger partial charge in [0.05, 0.1) is 0 Å². The van der Waals surface area contributed by atoms with E-state index in [4.69, 9.17) is 9.72 Å². The van der Waals surface area contributed by atoms with E-state index >= 15 is 0 Å². The van der Waals surface area contributed by atoms with Gasteiger partial charge in [0, 0.05) is 62.5 Å². The summed E-state index contributed by atoms with van der Waals surface area (Å²) >= 11 is 0. The average Bonchev–Trinajstić information content (AvgIpc) is 3.38. The topological polar surface area (TPSA) is 80.5 Å². The third-order valence-electron chi connectivity index (χ3n) is 5.38. The summed E-state index contributed by atoms with van der Waals surface area (Å²) in [5.41, 5.74) is 2.00. The summed E-state index contributed by atoms with van der Waals surface area (Å²) in [5, 5.41) is 8.08. The minimum absolute atomic E-state index is 0.328. The zero-order valence-electron chi connectivity index (χ0n) is 15.2. The molecule has 2 aliphatic heterocycles. The smallest absolute Gasteiger partial charge is 0.225 e. The highest BCUT2D eigenvalue weighted by Gasteiger charge is 2.26. The quantitative estimate of drug-likeness (QED) is 0.758.